The predicted molar refractivity (Wildman–Crippen MR) is 71.1 cm³/mol. The van der Waals surface area contributed by atoms with E-state index in [1.165, 1.54) is 18.2 Å². The van der Waals surface area contributed by atoms with Gasteiger partial charge in [0.05, 0.1) is 0 Å². The minimum Gasteiger partial charge on any atom is -0.353 e. The third kappa shape index (κ3) is 5.13. The van der Waals surface area contributed by atoms with E-state index in [0.717, 1.165) is 17.3 Å². The second kappa shape index (κ2) is 7.22. The van der Waals surface area contributed by atoms with Gasteiger partial charge < -0.3 is 5.32 Å². The highest BCUT2D eigenvalue weighted by molar-refractivity contribution is 9.10. The molecule has 17 heavy (non-hydrogen) atoms. The third-order valence-electron chi connectivity index (χ3n) is 2.20. The Morgan fingerprint density at radius 1 is 1.53 bits per heavy atom. The Kier molecular flexibility index (Phi) is 5.91. The molecule has 0 spiro atoms. The van der Waals surface area contributed by atoms with Gasteiger partial charge in [-0.15, -0.1) is 0 Å². The van der Waals surface area contributed by atoms with Gasteiger partial charge in [-0.3, -0.25) is 4.79 Å². The molecule has 0 heterocycles. The zero-order chi connectivity index (χ0) is 12.7. The lowest BCUT2D eigenvalue weighted by Crippen LogP contribution is -2.21. The van der Waals surface area contributed by atoms with E-state index >= 15 is 0 Å². The Balaban J connectivity index is 2.57. The zero-order valence-electron chi connectivity index (χ0n) is 9.67. The van der Waals surface area contributed by atoms with Crippen LogP contribution in [0.15, 0.2) is 28.7 Å². The number of hydrogen-bond acceptors (Lipinski definition) is 1. The molecule has 1 rings (SSSR count). The number of halogens is 2. The number of unbranched alkanes of at least 4 members (excludes halogenated alkanes) is 1. The third-order valence-corrected chi connectivity index (χ3v) is 2.70. The average Bonchev–Trinajstić information content (AvgIpc) is 2.31. The van der Waals surface area contributed by atoms with Gasteiger partial charge in [-0.2, -0.15) is 0 Å². The second-order valence-corrected chi connectivity index (χ2v) is 4.56. The van der Waals surface area contributed by atoms with Crippen LogP contribution < -0.4 is 5.32 Å². The molecule has 4 heteroatoms. The lowest BCUT2D eigenvalue weighted by Gasteiger charge is -2.00. The van der Waals surface area contributed by atoms with Gasteiger partial charge in [0.25, 0.3) is 0 Å². The van der Waals surface area contributed by atoms with Crippen LogP contribution in [0.2, 0.25) is 0 Å². The van der Waals surface area contributed by atoms with E-state index < -0.39 is 0 Å². The summed E-state index contributed by atoms with van der Waals surface area (Å²) in [7, 11) is 0. The lowest BCUT2D eigenvalue weighted by molar-refractivity contribution is -0.116. The maximum Gasteiger partial charge on any atom is 0.244 e. The minimum atomic E-state index is -0.342. The summed E-state index contributed by atoms with van der Waals surface area (Å²) in [6.45, 7) is 2.71. The molecule has 0 aliphatic carbocycles. The Morgan fingerprint density at radius 2 is 2.29 bits per heavy atom. The molecule has 1 aromatic rings. The molecule has 0 bridgehead atoms. The van der Waals surface area contributed by atoms with Gasteiger partial charge >= 0.3 is 0 Å². The fourth-order valence-corrected chi connectivity index (χ4v) is 1.63. The first-order valence-electron chi connectivity index (χ1n) is 5.54. The van der Waals surface area contributed by atoms with Gasteiger partial charge in [0.15, 0.2) is 0 Å². The normalized spacial score (nSPS) is 10.8. The van der Waals surface area contributed by atoms with Gasteiger partial charge in [0.2, 0.25) is 5.91 Å². The SMILES string of the molecule is CCCCNC(=O)/C=C/c1cc(Br)ccc1F. The van der Waals surface area contributed by atoms with Crippen molar-refractivity contribution < 1.29 is 9.18 Å². The van der Waals surface area contributed by atoms with E-state index in [1.807, 2.05) is 0 Å². The minimum absolute atomic E-state index is 0.196. The molecule has 2 nitrogen and oxygen atoms in total. The number of amides is 1. The molecule has 0 radical (unpaired) electrons. The smallest absolute Gasteiger partial charge is 0.244 e. The topological polar surface area (TPSA) is 29.1 Å². The fourth-order valence-electron chi connectivity index (χ4n) is 1.26. The van der Waals surface area contributed by atoms with Crippen LogP contribution in [0.3, 0.4) is 0 Å². The van der Waals surface area contributed by atoms with Crippen LogP contribution in [-0.2, 0) is 4.79 Å². The van der Waals surface area contributed by atoms with Crippen LogP contribution >= 0.6 is 15.9 Å². The van der Waals surface area contributed by atoms with Gasteiger partial charge in [-0.05, 0) is 30.7 Å². The van der Waals surface area contributed by atoms with Gasteiger partial charge in [-0.25, -0.2) is 4.39 Å². The summed E-state index contributed by atoms with van der Waals surface area (Å²) in [6.07, 6.45) is 4.80. The number of hydrogen-bond donors (Lipinski definition) is 1. The highest BCUT2D eigenvalue weighted by Gasteiger charge is 2.00. The summed E-state index contributed by atoms with van der Waals surface area (Å²) < 4.78 is 14.1. The summed E-state index contributed by atoms with van der Waals surface area (Å²) in [6, 6.07) is 4.61. The van der Waals surface area contributed by atoms with Crippen molar-refractivity contribution in [3.63, 3.8) is 0 Å². The molecule has 92 valence electrons. The zero-order valence-corrected chi connectivity index (χ0v) is 11.3. The van der Waals surface area contributed by atoms with Crippen molar-refractivity contribution in [2.24, 2.45) is 0 Å². The van der Waals surface area contributed by atoms with Crippen LogP contribution in [0.5, 0.6) is 0 Å². The fraction of sp³-hybridized carbons (Fsp3) is 0.308. The van der Waals surface area contributed by atoms with E-state index in [1.54, 1.807) is 12.1 Å². The molecule has 1 amide bonds. The summed E-state index contributed by atoms with van der Waals surface area (Å²) >= 11 is 3.25. The lowest BCUT2D eigenvalue weighted by atomic mass is 10.2. The molecule has 0 aromatic heterocycles. The molecule has 0 fully saturated rings. The number of benzene rings is 1. The van der Waals surface area contributed by atoms with Crippen molar-refractivity contribution >= 4 is 27.9 Å². The van der Waals surface area contributed by atoms with E-state index in [-0.39, 0.29) is 11.7 Å². The quantitative estimate of drug-likeness (QED) is 0.654. The van der Waals surface area contributed by atoms with Crippen molar-refractivity contribution in [2.75, 3.05) is 6.54 Å². The van der Waals surface area contributed by atoms with E-state index in [0.29, 0.717) is 12.1 Å². The first-order chi connectivity index (χ1) is 8.13. The predicted octanol–water partition coefficient (Wildman–Crippen LogP) is 3.52. The van der Waals surface area contributed by atoms with Gasteiger partial charge in [0, 0.05) is 22.7 Å². The van der Waals surface area contributed by atoms with Crippen molar-refractivity contribution in [2.45, 2.75) is 19.8 Å². The second-order valence-electron chi connectivity index (χ2n) is 3.64. The Bertz CT molecular complexity index is 418. The standard InChI is InChI=1S/C13H15BrFNO/c1-2-3-8-16-13(17)7-4-10-9-11(14)5-6-12(10)15/h4-7,9H,2-3,8H2,1H3,(H,16,17)/b7-4+. The molecular weight excluding hydrogens is 285 g/mol. The van der Waals surface area contributed by atoms with Gasteiger partial charge in [-0.1, -0.05) is 29.3 Å². The van der Waals surface area contributed by atoms with Gasteiger partial charge in [0.1, 0.15) is 5.82 Å². The van der Waals surface area contributed by atoms with Crippen LogP contribution in [0, 0.1) is 5.82 Å². The number of nitrogens with one attached hydrogen (secondary N) is 1. The van der Waals surface area contributed by atoms with Crippen LogP contribution in [0.25, 0.3) is 6.08 Å². The number of rotatable bonds is 5. The largest absolute Gasteiger partial charge is 0.353 e. The van der Waals surface area contributed by atoms with E-state index in [4.69, 9.17) is 0 Å². The van der Waals surface area contributed by atoms with Crippen molar-refractivity contribution in [1.82, 2.24) is 5.32 Å². The Labute approximate surface area is 109 Å². The summed E-state index contributed by atoms with van der Waals surface area (Å²) in [5.74, 6) is -0.538. The average molecular weight is 300 g/mol. The Morgan fingerprint density at radius 3 is 3.00 bits per heavy atom. The van der Waals surface area contributed by atoms with Crippen molar-refractivity contribution in [3.8, 4) is 0 Å². The molecular formula is C13H15BrFNO. The summed E-state index contributed by atoms with van der Waals surface area (Å²) in [5.41, 5.74) is 0.394. The maximum atomic E-state index is 13.3. The monoisotopic (exact) mass is 299 g/mol. The maximum absolute atomic E-state index is 13.3. The highest BCUT2D eigenvalue weighted by atomic mass is 79.9. The first kappa shape index (κ1) is 13.9. The molecule has 1 N–H and O–H groups in total. The molecule has 0 saturated heterocycles. The van der Waals surface area contributed by atoms with Crippen molar-refractivity contribution in [3.05, 3.63) is 40.1 Å². The van der Waals surface area contributed by atoms with Crippen LogP contribution in [-0.4, -0.2) is 12.5 Å². The number of carbonyl (C=O) groups excluding carboxylic acids is 1. The Hall–Kier alpha value is -1.16. The summed E-state index contributed by atoms with van der Waals surface area (Å²) in [4.78, 5) is 11.4. The van der Waals surface area contributed by atoms with E-state index in [9.17, 15) is 9.18 Å². The first-order valence-corrected chi connectivity index (χ1v) is 6.33. The van der Waals surface area contributed by atoms with Crippen LogP contribution in [0.4, 0.5) is 4.39 Å². The summed E-state index contributed by atoms with van der Waals surface area (Å²) in [5, 5.41) is 2.73. The highest BCUT2D eigenvalue weighted by Crippen LogP contribution is 2.16. The number of carbonyl (C=O) groups is 1. The molecule has 1 aromatic carbocycles. The molecule has 0 atom stereocenters. The van der Waals surface area contributed by atoms with E-state index in [2.05, 4.69) is 28.2 Å². The molecule has 0 aliphatic heterocycles. The van der Waals surface area contributed by atoms with Crippen LogP contribution in [0.1, 0.15) is 25.3 Å². The molecule has 0 unspecified atom stereocenters. The van der Waals surface area contributed by atoms with Crippen molar-refractivity contribution in [1.29, 1.82) is 0 Å². The molecule has 0 saturated carbocycles. The molecule has 0 aliphatic rings.